The molecule has 2 amide bonds. The van der Waals surface area contributed by atoms with Crippen LogP contribution in [-0.4, -0.2) is 66.2 Å². The Bertz CT molecular complexity index is 1410. The summed E-state index contributed by atoms with van der Waals surface area (Å²) in [6.07, 6.45) is 2.81. The molecule has 0 bridgehead atoms. The number of benzene rings is 3. The van der Waals surface area contributed by atoms with Gasteiger partial charge in [0.25, 0.3) is 11.8 Å². The van der Waals surface area contributed by atoms with Crippen LogP contribution in [0.1, 0.15) is 36.2 Å². The molecule has 2 fully saturated rings. The van der Waals surface area contributed by atoms with E-state index in [1.54, 1.807) is 21.9 Å². The monoisotopic (exact) mass is 529 g/mol. The third-order valence-electron chi connectivity index (χ3n) is 6.49. The van der Waals surface area contributed by atoms with Crippen LogP contribution in [-0.2, 0) is 9.53 Å². The van der Waals surface area contributed by atoms with E-state index in [-0.39, 0.29) is 11.8 Å². The highest BCUT2D eigenvalue weighted by Gasteiger charge is 2.33. The largest absolute Gasteiger partial charge is 0.493 e. The number of aliphatic imine (C=N–C) groups is 1. The van der Waals surface area contributed by atoms with Crippen molar-refractivity contribution in [3.63, 3.8) is 0 Å². The number of hydrogen-bond donors (Lipinski definition) is 0. The second kappa shape index (κ2) is 11.8. The van der Waals surface area contributed by atoms with E-state index in [2.05, 4.69) is 13.0 Å². The Balaban J connectivity index is 1.47. The van der Waals surface area contributed by atoms with Gasteiger partial charge in [0.05, 0.1) is 30.4 Å². The van der Waals surface area contributed by atoms with Crippen molar-refractivity contribution in [1.29, 1.82) is 0 Å². The van der Waals surface area contributed by atoms with Crippen LogP contribution in [0.2, 0.25) is 0 Å². The van der Waals surface area contributed by atoms with Gasteiger partial charge in [-0.05, 0) is 66.2 Å². The van der Waals surface area contributed by atoms with E-state index in [1.807, 2.05) is 55.5 Å². The van der Waals surface area contributed by atoms with Crippen LogP contribution in [0.15, 0.2) is 70.6 Å². The molecule has 0 spiro atoms. The van der Waals surface area contributed by atoms with Crippen molar-refractivity contribution in [2.75, 3.05) is 39.5 Å². The first-order valence-electron chi connectivity index (χ1n) is 13.0. The summed E-state index contributed by atoms with van der Waals surface area (Å²) in [5.74, 6) is 0.634. The number of nitrogens with zero attached hydrogens (tertiary/aromatic N) is 3. The normalized spacial score (nSPS) is 18.1. The van der Waals surface area contributed by atoms with Gasteiger partial charge in [0, 0.05) is 30.8 Å². The Morgan fingerprint density at radius 1 is 1.08 bits per heavy atom. The maximum atomic E-state index is 13.4. The van der Waals surface area contributed by atoms with Crippen molar-refractivity contribution < 1.29 is 19.1 Å². The van der Waals surface area contributed by atoms with Crippen LogP contribution in [0.25, 0.3) is 16.8 Å². The number of fused-ring (bicyclic) bond motifs is 1. The van der Waals surface area contributed by atoms with E-state index in [0.717, 1.165) is 28.5 Å². The minimum absolute atomic E-state index is 0.0333. The maximum absolute atomic E-state index is 13.4. The number of carbonyl (C=O) groups excluding carboxylic acids is 2. The fourth-order valence-electron chi connectivity index (χ4n) is 4.53. The first kappa shape index (κ1) is 26.0. The lowest BCUT2D eigenvalue weighted by Gasteiger charge is -2.26. The zero-order chi connectivity index (χ0) is 26.5. The Morgan fingerprint density at radius 2 is 1.89 bits per heavy atom. The Hall–Kier alpha value is -3.62. The Labute approximate surface area is 227 Å². The molecule has 8 heteroatoms. The molecule has 2 aliphatic heterocycles. The third-order valence-corrected chi connectivity index (χ3v) is 7.49. The third kappa shape index (κ3) is 5.47. The number of hydrogen-bond acceptors (Lipinski definition) is 6. The van der Waals surface area contributed by atoms with Gasteiger partial charge in [-0.3, -0.25) is 14.5 Å². The van der Waals surface area contributed by atoms with E-state index in [0.29, 0.717) is 60.8 Å². The number of rotatable bonds is 7. The SMILES string of the molecule is CCCOc1ccc2ccccc2c1/C=C1/SC(=Nc2cccc(C(=O)N3CCOCC3)c2)N(CC)C1=O. The van der Waals surface area contributed by atoms with Crippen LogP contribution in [0.3, 0.4) is 0 Å². The van der Waals surface area contributed by atoms with Gasteiger partial charge in [-0.15, -0.1) is 0 Å². The highest BCUT2D eigenvalue weighted by molar-refractivity contribution is 8.18. The fourth-order valence-corrected chi connectivity index (χ4v) is 5.58. The summed E-state index contributed by atoms with van der Waals surface area (Å²) in [7, 11) is 0. The van der Waals surface area contributed by atoms with Crippen molar-refractivity contribution >= 4 is 51.3 Å². The molecule has 0 aromatic heterocycles. The van der Waals surface area contributed by atoms with E-state index in [4.69, 9.17) is 14.5 Å². The Kier molecular flexibility index (Phi) is 8.10. The number of thioether (sulfide) groups is 1. The maximum Gasteiger partial charge on any atom is 0.266 e. The zero-order valence-corrected chi connectivity index (χ0v) is 22.5. The van der Waals surface area contributed by atoms with Crippen molar-refractivity contribution in [2.45, 2.75) is 20.3 Å². The molecule has 38 heavy (non-hydrogen) atoms. The first-order chi connectivity index (χ1) is 18.6. The standard InChI is InChI=1S/C30H31N3O4S/c1-3-16-37-26-13-12-21-8-5-6-11-24(21)25(26)20-27-29(35)33(4-2)30(38-27)31-23-10-7-9-22(19-23)28(34)32-14-17-36-18-15-32/h5-13,19-20H,3-4,14-18H2,1-2H3/b27-20+,31-30?. The topological polar surface area (TPSA) is 71.4 Å². The van der Waals surface area contributed by atoms with Crippen LogP contribution < -0.4 is 4.74 Å². The molecular formula is C30H31N3O4S. The number of amides is 2. The zero-order valence-electron chi connectivity index (χ0n) is 21.7. The molecule has 5 rings (SSSR count). The number of morpholine rings is 1. The molecular weight excluding hydrogens is 498 g/mol. The average molecular weight is 530 g/mol. The van der Waals surface area contributed by atoms with Crippen molar-refractivity contribution in [1.82, 2.24) is 9.80 Å². The minimum atomic E-state index is -0.0915. The molecule has 0 atom stereocenters. The lowest BCUT2D eigenvalue weighted by Crippen LogP contribution is -2.40. The molecule has 2 heterocycles. The van der Waals surface area contributed by atoms with Gasteiger partial charge in [-0.25, -0.2) is 4.99 Å². The minimum Gasteiger partial charge on any atom is -0.493 e. The predicted octanol–water partition coefficient (Wildman–Crippen LogP) is 5.72. The predicted molar refractivity (Wildman–Crippen MR) is 153 cm³/mol. The summed E-state index contributed by atoms with van der Waals surface area (Å²) in [4.78, 5) is 35.2. The highest BCUT2D eigenvalue weighted by Crippen LogP contribution is 2.38. The molecule has 0 radical (unpaired) electrons. The van der Waals surface area contributed by atoms with E-state index in [1.165, 1.54) is 11.8 Å². The summed E-state index contributed by atoms with van der Waals surface area (Å²) >= 11 is 1.34. The first-order valence-corrected chi connectivity index (χ1v) is 13.8. The van der Waals surface area contributed by atoms with Gasteiger partial charge in [-0.1, -0.05) is 43.3 Å². The van der Waals surface area contributed by atoms with Crippen LogP contribution in [0.5, 0.6) is 5.75 Å². The van der Waals surface area contributed by atoms with Gasteiger partial charge < -0.3 is 14.4 Å². The number of amidine groups is 1. The molecule has 3 aromatic carbocycles. The highest BCUT2D eigenvalue weighted by atomic mass is 32.2. The number of carbonyl (C=O) groups is 2. The van der Waals surface area contributed by atoms with Gasteiger partial charge in [0.15, 0.2) is 5.17 Å². The molecule has 0 unspecified atom stereocenters. The quantitative estimate of drug-likeness (QED) is 0.366. The van der Waals surface area contributed by atoms with E-state index < -0.39 is 0 Å². The number of ether oxygens (including phenoxy) is 2. The molecule has 0 aliphatic carbocycles. The van der Waals surface area contributed by atoms with Gasteiger partial charge in [0.1, 0.15) is 5.75 Å². The summed E-state index contributed by atoms with van der Waals surface area (Å²) in [5.41, 5.74) is 2.11. The van der Waals surface area contributed by atoms with E-state index in [9.17, 15) is 9.59 Å². The van der Waals surface area contributed by atoms with Gasteiger partial charge in [-0.2, -0.15) is 0 Å². The summed E-state index contributed by atoms with van der Waals surface area (Å²) < 4.78 is 11.4. The van der Waals surface area contributed by atoms with Crippen molar-refractivity contribution in [3.05, 3.63) is 76.7 Å². The number of likely N-dealkylation sites (N-methyl/N-ethyl adjacent to an activating group) is 1. The smallest absolute Gasteiger partial charge is 0.266 e. The summed E-state index contributed by atoms with van der Waals surface area (Å²) in [6, 6.07) is 19.4. The van der Waals surface area contributed by atoms with E-state index >= 15 is 0 Å². The molecule has 0 saturated carbocycles. The van der Waals surface area contributed by atoms with Gasteiger partial charge in [0.2, 0.25) is 0 Å². The summed E-state index contributed by atoms with van der Waals surface area (Å²) in [5, 5.41) is 2.71. The molecule has 2 saturated heterocycles. The molecule has 7 nitrogen and oxygen atoms in total. The van der Waals surface area contributed by atoms with Crippen LogP contribution in [0.4, 0.5) is 5.69 Å². The second-order valence-corrected chi connectivity index (χ2v) is 10.1. The molecule has 2 aliphatic rings. The van der Waals surface area contributed by atoms with Crippen molar-refractivity contribution in [2.24, 2.45) is 4.99 Å². The fraction of sp³-hybridized carbons (Fsp3) is 0.300. The summed E-state index contributed by atoms with van der Waals surface area (Å²) in [6.45, 7) is 7.36. The van der Waals surface area contributed by atoms with Crippen molar-refractivity contribution in [3.8, 4) is 5.75 Å². The molecule has 3 aromatic rings. The average Bonchev–Trinajstić information content (AvgIpc) is 3.25. The molecule has 196 valence electrons. The Morgan fingerprint density at radius 3 is 2.68 bits per heavy atom. The second-order valence-electron chi connectivity index (χ2n) is 9.06. The lowest BCUT2D eigenvalue weighted by molar-refractivity contribution is -0.122. The van der Waals surface area contributed by atoms with Crippen LogP contribution >= 0.6 is 11.8 Å². The van der Waals surface area contributed by atoms with Gasteiger partial charge >= 0.3 is 0 Å². The lowest BCUT2D eigenvalue weighted by atomic mass is 10.0. The molecule has 0 N–H and O–H groups in total. The van der Waals surface area contributed by atoms with Crippen LogP contribution in [0, 0.1) is 0 Å².